The van der Waals surface area contributed by atoms with Crippen LogP contribution in [0.1, 0.15) is 5.56 Å². The Morgan fingerprint density at radius 3 is 2.17 bits per heavy atom. The van der Waals surface area contributed by atoms with Crippen molar-refractivity contribution < 1.29 is 8.42 Å². The van der Waals surface area contributed by atoms with Crippen LogP contribution in [0.3, 0.4) is 0 Å². The number of aryl methyl sites for hydroxylation is 1. The molecule has 1 aromatic heterocycles. The molecule has 0 saturated carbocycles. The van der Waals surface area contributed by atoms with E-state index in [2.05, 4.69) is 5.10 Å². The number of benzene rings is 2. The molecule has 3 rings (SSSR count). The molecule has 0 unspecified atom stereocenters. The zero-order chi connectivity index (χ0) is 16.6. The van der Waals surface area contributed by atoms with Crippen LogP contribution in [-0.2, 0) is 10.0 Å². The molecule has 0 fully saturated rings. The molecule has 0 bridgehead atoms. The number of rotatable bonds is 3. The van der Waals surface area contributed by atoms with Gasteiger partial charge in [-0.05, 0) is 31.2 Å². The molecule has 0 aliphatic rings. The van der Waals surface area contributed by atoms with Gasteiger partial charge in [0, 0.05) is 17.3 Å². The van der Waals surface area contributed by atoms with Gasteiger partial charge in [-0.1, -0.05) is 29.8 Å². The van der Waals surface area contributed by atoms with Crippen LogP contribution in [0.15, 0.2) is 59.5 Å². The van der Waals surface area contributed by atoms with E-state index < -0.39 is 10.0 Å². The van der Waals surface area contributed by atoms with Crippen LogP contribution < -0.4 is 11.5 Å². The van der Waals surface area contributed by atoms with E-state index in [0.717, 1.165) is 15.2 Å². The molecule has 4 N–H and O–H groups in total. The molecule has 1 heterocycles. The number of nitrogens with zero attached hydrogens (tertiary/aromatic N) is 2. The summed E-state index contributed by atoms with van der Waals surface area (Å²) in [5.41, 5.74) is 14.3. The summed E-state index contributed by atoms with van der Waals surface area (Å²) in [6, 6.07) is 15.0. The Balaban J connectivity index is 2.07. The third-order valence-corrected chi connectivity index (χ3v) is 5.07. The van der Waals surface area contributed by atoms with Crippen molar-refractivity contribution in [2.24, 2.45) is 0 Å². The van der Waals surface area contributed by atoms with Crippen molar-refractivity contribution in [1.82, 2.24) is 9.19 Å². The Morgan fingerprint density at radius 2 is 1.57 bits per heavy atom. The summed E-state index contributed by atoms with van der Waals surface area (Å²) in [6.07, 6.45) is 0. The quantitative estimate of drug-likeness (QED) is 0.718. The third kappa shape index (κ3) is 2.78. The van der Waals surface area contributed by atoms with Gasteiger partial charge in [0.25, 0.3) is 10.0 Å². The van der Waals surface area contributed by atoms with Gasteiger partial charge in [0.1, 0.15) is 5.82 Å². The van der Waals surface area contributed by atoms with Gasteiger partial charge in [0.15, 0.2) is 0 Å². The summed E-state index contributed by atoms with van der Waals surface area (Å²) in [6.45, 7) is 1.89. The van der Waals surface area contributed by atoms with E-state index in [0.29, 0.717) is 11.4 Å². The predicted molar refractivity (Wildman–Crippen MR) is 90.3 cm³/mol. The number of aromatic nitrogens is 2. The third-order valence-electron chi connectivity index (χ3n) is 3.46. The van der Waals surface area contributed by atoms with E-state index >= 15 is 0 Å². The van der Waals surface area contributed by atoms with Crippen LogP contribution in [0.4, 0.5) is 11.5 Å². The highest BCUT2D eigenvalue weighted by molar-refractivity contribution is 7.90. The number of hydrogen-bond acceptors (Lipinski definition) is 5. The Kier molecular flexibility index (Phi) is 3.57. The Bertz CT molecular complexity index is 943. The molecule has 3 aromatic rings. The predicted octanol–water partition coefficient (Wildman–Crippen LogP) is 2.26. The summed E-state index contributed by atoms with van der Waals surface area (Å²) >= 11 is 0. The van der Waals surface area contributed by atoms with Gasteiger partial charge in [-0.25, -0.2) is 0 Å². The zero-order valence-electron chi connectivity index (χ0n) is 12.5. The van der Waals surface area contributed by atoms with E-state index in [1.807, 2.05) is 6.92 Å². The minimum Gasteiger partial charge on any atom is -0.399 e. The lowest BCUT2D eigenvalue weighted by atomic mass is 10.1. The molecule has 0 atom stereocenters. The van der Waals surface area contributed by atoms with Gasteiger partial charge in [-0.2, -0.15) is 13.5 Å². The molecule has 0 amide bonds. The maximum Gasteiger partial charge on any atom is 0.284 e. The Hall–Kier alpha value is -2.80. The fourth-order valence-electron chi connectivity index (χ4n) is 2.18. The first-order valence-corrected chi connectivity index (χ1v) is 8.35. The van der Waals surface area contributed by atoms with Crippen molar-refractivity contribution in [3.05, 3.63) is 60.2 Å². The standard InChI is InChI=1S/C16H16N4O2S/c1-11-2-8-14(9-3-11)23(21,22)20-16(18)10-15(19-20)12-4-6-13(17)7-5-12/h2-10H,17-18H2,1H3. The molecule has 0 saturated heterocycles. The van der Waals surface area contributed by atoms with Crippen LogP contribution in [0.5, 0.6) is 0 Å². The fourth-order valence-corrected chi connectivity index (χ4v) is 3.38. The van der Waals surface area contributed by atoms with E-state index in [-0.39, 0.29) is 10.7 Å². The van der Waals surface area contributed by atoms with Crippen molar-refractivity contribution in [2.75, 3.05) is 11.5 Å². The molecule has 0 radical (unpaired) electrons. The topological polar surface area (TPSA) is 104 Å². The summed E-state index contributed by atoms with van der Waals surface area (Å²) in [5, 5.41) is 4.14. The second-order valence-corrected chi connectivity index (χ2v) is 7.00. The lowest BCUT2D eigenvalue weighted by molar-refractivity contribution is 0.581. The van der Waals surface area contributed by atoms with Gasteiger partial charge in [-0.3, -0.25) is 0 Å². The van der Waals surface area contributed by atoms with Crippen molar-refractivity contribution in [1.29, 1.82) is 0 Å². The molecule has 0 spiro atoms. The number of hydrogen-bond donors (Lipinski definition) is 2. The highest BCUT2D eigenvalue weighted by atomic mass is 32.2. The lowest BCUT2D eigenvalue weighted by Crippen LogP contribution is -2.16. The van der Waals surface area contributed by atoms with E-state index in [1.165, 1.54) is 18.2 Å². The Labute approximate surface area is 134 Å². The van der Waals surface area contributed by atoms with Gasteiger partial charge in [0.2, 0.25) is 0 Å². The normalized spacial score (nSPS) is 11.5. The SMILES string of the molecule is Cc1ccc(S(=O)(=O)n2nc(-c3ccc(N)cc3)cc2N)cc1. The molecule has 118 valence electrons. The highest BCUT2D eigenvalue weighted by Gasteiger charge is 2.21. The fraction of sp³-hybridized carbons (Fsp3) is 0.0625. The number of nitrogen functional groups attached to an aromatic ring is 2. The molecule has 0 aliphatic heterocycles. The van der Waals surface area contributed by atoms with Crippen molar-refractivity contribution in [3.8, 4) is 11.3 Å². The smallest absolute Gasteiger partial charge is 0.284 e. The first-order valence-electron chi connectivity index (χ1n) is 6.91. The summed E-state index contributed by atoms with van der Waals surface area (Å²) < 4.78 is 26.2. The molecule has 23 heavy (non-hydrogen) atoms. The summed E-state index contributed by atoms with van der Waals surface area (Å²) in [5.74, 6) is 0.0531. The maximum absolute atomic E-state index is 12.7. The van der Waals surface area contributed by atoms with Crippen molar-refractivity contribution in [2.45, 2.75) is 11.8 Å². The highest BCUT2D eigenvalue weighted by Crippen LogP contribution is 2.24. The monoisotopic (exact) mass is 328 g/mol. The Morgan fingerprint density at radius 1 is 0.957 bits per heavy atom. The first kappa shape index (κ1) is 15.1. The van der Waals surface area contributed by atoms with Gasteiger partial charge < -0.3 is 11.5 Å². The van der Waals surface area contributed by atoms with Crippen molar-refractivity contribution in [3.63, 3.8) is 0 Å². The van der Waals surface area contributed by atoms with Gasteiger partial charge in [0.05, 0.1) is 10.6 Å². The van der Waals surface area contributed by atoms with Crippen LogP contribution in [0.25, 0.3) is 11.3 Å². The van der Waals surface area contributed by atoms with Gasteiger partial charge in [-0.15, -0.1) is 4.09 Å². The van der Waals surface area contributed by atoms with E-state index in [4.69, 9.17) is 11.5 Å². The number of nitrogens with two attached hydrogens (primary N) is 2. The lowest BCUT2D eigenvalue weighted by Gasteiger charge is -2.06. The average Bonchev–Trinajstić information content (AvgIpc) is 2.91. The van der Waals surface area contributed by atoms with Crippen LogP contribution in [-0.4, -0.2) is 17.6 Å². The van der Waals surface area contributed by atoms with Crippen LogP contribution in [0.2, 0.25) is 0 Å². The average molecular weight is 328 g/mol. The van der Waals surface area contributed by atoms with E-state index in [9.17, 15) is 8.42 Å². The van der Waals surface area contributed by atoms with Gasteiger partial charge >= 0.3 is 0 Å². The largest absolute Gasteiger partial charge is 0.399 e. The zero-order valence-corrected chi connectivity index (χ0v) is 13.3. The van der Waals surface area contributed by atoms with E-state index in [1.54, 1.807) is 36.4 Å². The molecular weight excluding hydrogens is 312 g/mol. The second kappa shape index (κ2) is 5.44. The summed E-state index contributed by atoms with van der Waals surface area (Å²) in [4.78, 5) is 0.141. The van der Waals surface area contributed by atoms with Crippen LogP contribution >= 0.6 is 0 Å². The second-order valence-electron chi connectivity index (χ2n) is 5.24. The minimum absolute atomic E-state index is 0.0531. The maximum atomic E-state index is 12.7. The molecule has 0 aliphatic carbocycles. The molecule has 7 heteroatoms. The molecule has 6 nitrogen and oxygen atoms in total. The molecular formula is C16H16N4O2S. The molecule has 2 aromatic carbocycles. The van der Waals surface area contributed by atoms with Crippen LogP contribution in [0, 0.1) is 6.92 Å². The number of anilines is 2. The van der Waals surface area contributed by atoms with Crippen molar-refractivity contribution >= 4 is 21.5 Å². The first-order chi connectivity index (χ1) is 10.9. The summed E-state index contributed by atoms with van der Waals surface area (Å²) in [7, 11) is -3.83. The minimum atomic E-state index is -3.83.